The van der Waals surface area contributed by atoms with E-state index < -0.39 is 0 Å². The Bertz CT molecular complexity index is 412. The van der Waals surface area contributed by atoms with Crippen molar-refractivity contribution in [3.8, 4) is 0 Å². The van der Waals surface area contributed by atoms with Crippen molar-refractivity contribution in [2.24, 2.45) is 11.8 Å². The second kappa shape index (κ2) is 16.6. The van der Waals surface area contributed by atoms with Crippen LogP contribution in [0.15, 0.2) is 0 Å². The maximum Gasteiger partial charge on any atom is 0.220 e. The maximum absolute atomic E-state index is 11.9. The van der Waals surface area contributed by atoms with Crippen molar-refractivity contribution in [3.63, 3.8) is 0 Å². The average molecular weight is 421 g/mol. The number of carbonyl (C=O) groups is 2. The molecule has 0 aromatic carbocycles. The molecule has 4 nitrogen and oxygen atoms in total. The molecular weight excluding hydrogens is 372 g/mol. The molecule has 0 atom stereocenters. The first-order valence-corrected chi connectivity index (χ1v) is 13.3. The summed E-state index contributed by atoms with van der Waals surface area (Å²) in [4.78, 5) is 23.9. The van der Waals surface area contributed by atoms with Gasteiger partial charge in [0, 0.05) is 25.9 Å². The van der Waals surface area contributed by atoms with Crippen LogP contribution < -0.4 is 10.6 Å². The molecule has 2 rings (SSSR count). The molecule has 2 saturated carbocycles. The highest BCUT2D eigenvalue weighted by molar-refractivity contribution is 5.76. The van der Waals surface area contributed by atoms with Crippen LogP contribution in [0.1, 0.15) is 128 Å². The van der Waals surface area contributed by atoms with Crippen molar-refractivity contribution in [2.45, 2.75) is 128 Å². The van der Waals surface area contributed by atoms with Gasteiger partial charge in [-0.3, -0.25) is 9.59 Å². The molecule has 0 aromatic rings. The summed E-state index contributed by atoms with van der Waals surface area (Å²) in [6.45, 7) is 1.67. The lowest BCUT2D eigenvalue weighted by atomic mass is 9.86. The predicted octanol–water partition coefficient (Wildman–Crippen LogP) is 6.28. The summed E-state index contributed by atoms with van der Waals surface area (Å²) in [5, 5.41) is 6.19. The molecule has 2 fully saturated rings. The topological polar surface area (TPSA) is 58.2 Å². The second-order valence-electron chi connectivity index (χ2n) is 9.91. The SMILES string of the molecule is O=C(CCC1CCCCC1)NCCCCCCCCNC(=O)CCC1CCCCC1. The number of hydrogen-bond acceptors (Lipinski definition) is 2. The molecular formula is C26H48N2O2. The number of carbonyl (C=O) groups excluding carboxylic acids is 2. The van der Waals surface area contributed by atoms with E-state index in [9.17, 15) is 9.59 Å². The summed E-state index contributed by atoms with van der Waals surface area (Å²) in [6.07, 6.45) is 24.2. The molecule has 0 aromatic heterocycles. The Morgan fingerprint density at radius 3 is 1.30 bits per heavy atom. The zero-order valence-corrected chi connectivity index (χ0v) is 19.5. The number of nitrogens with one attached hydrogen (secondary N) is 2. The quantitative estimate of drug-likeness (QED) is 0.306. The summed E-state index contributed by atoms with van der Waals surface area (Å²) < 4.78 is 0. The van der Waals surface area contributed by atoms with E-state index >= 15 is 0 Å². The van der Waals surface area contributed by atoms with E-state index in [-0.39, 0.29) is 11.8 Å². The average Bonchev–Trinajstić information content (AvgIpc) is 2.79. The van der Waals surface area contributed by atoms with E-state index in [1.807, 2.05) is 0 Å². The fourth-order valence-electron chi connectivity index (χ4n) is 5.21. The molecule has 0 saturated heterocycles. The molecule has 2 N–H and O–H groups in total. The Hall–Kier alpha value is -1.06. The van der Waals surface area contributed by atoms with Crippen LogP contribution in [0.2, 0.25) is 0 Å². The highest BCUT2D eigenvalue weighted by atomic mass is 16.2. The van der Waals surface area contributed by atoms with Crippen molar-refractivity contribution in [3.05, 3.63) is 0 Å². The van der Waals surface area contributed by atoms with Gasteiger partial charge in [0.05, 0.1) is 0 Å². The number of unbranched alkanes of at least 4 members (excludes halogenated alkanes) is 5. The van der Waals surface area contributed by atoms with E-state index in [0.717, 1.165) is 63.5 Å². The van der Waals surface area contributed by atoms with Crippen molar-refractivity contribution in [1.82, 2.24) is 10.6 Å². The lowest BCUT2D eigenvalue weighted by molar-refractivity contribution is -0.122. The minimum atomic E-state index is 0.250. The van der Waals surface area contributed by atoms with Crippen LogP contribution in [0.4, 0.5) is 0 Å². The first kappa shape index (κ1) is 25.2. The Morgan fingerprint density at radius 1 is 0.533 bits per heavy atom. The van der Waals surface area contributed by atoms with Crippen LogP contribution in [0.3, 0.4) is 0 Å². The number of rotatable bonds is 15. The fourth-order valence-corrected chi connectivity index (χ4v) is 5.21. The van der Waals surface area contributed by atoms with E-state index in [0.29, 0.717) is 0 Å². The minimum Gasteiger partial charge on any atom is -0.356 e. The van der Waals surface area contributed by atoms with Crippen LogP contribution in [0, 0.1) is 11.8 Å². The lowest BCUT2D eigenvalue weighted by Gasteiger charge is -2.21. The van der Waals surface area contributed by atoms with Gasteiger partial charge < -0.3 is 10.6 Å². The van der Waals surface area contributed by atoms with Crippen molar-refractivity contribution in [2.75, 3.05) is 13.1 Å². The minimum absolute atomic E-state index is 0.250. The molecule has 2 aliphatic rings. The standard InChI is InChI=1S/C26H48N2O2/c29-25(19-17-23-13-7-5-8-14-23)27-21-11-3-1-2-4-12-22-28-26(30)20-18-24-15-9-6-10-16-24/h23-24H,1-22H2,(H,27,29)(H,28,30). The summed E-state index contributed by atoms with van der Waals surface area (Å²) >= 11 is 0. The van der Waals surface area contributed by atoms with Crippen molar-refractivity contribution < 1.29 is 9.59 Å². The fraction of sp³-hybridized carbons (Fsp3) is 0.923. The first-order chi connectivity index (χ1) is 14.7. The highest BCUT2D eigenvalue weighted by Crippen LogP contribution is 2.27. The molecule has 2 amide bonds. The van der Waals surface area contributed by atoms with Gasteiger partial charge in [0.1, 0.15) is 0 Å². The molecule has 0 radical (unpaired) electrons. The summed E-state index contributed by atoms with van der Waals surface area (Å²) in [5.74, 6) is 2.09. The van der Waals surface area contributed by atoms with Crippen LogP contribution in [0.25, 0.3) is 0 Å². The van der Waals surface area contributed by atoms with Gasteiger partial charge in [0.15, 0.2) is 0 Å². The van der Waals surface area contributed by atoms with Gasteiger partial charge in [0.25, 0.3) is 0 Å². The largest absolute Gasteiger partial charge is 0.356 e. The van der Waals surface area contributed by atoms with Crippen LogP contribution in [0.5, 0.6) is 0 Å². The highest BCUT2D eigenvalue weighted by Gasteiger charge is 2.15. The molecule has 0 heterocycles. The molecule has 30 heavy (non-hydrogen) atoms. The third-order valence-corrected chi connectivity index (χ3v) is 7.26. The van der Waals surface area contributed by atoms with Crippen LogP contribution in [-0.4, -0.2) is 24.9 Å². The molecule has 2 aliphatic carbocycles. The first-order valence-electron chi connectivity index (χ1n) is 13.3. The van der Waals surface area contributed by atoms with Crippen molar-refractivity contribution >= 4 is 11.8 Å². The molecule has 0 spiro atoms. The monoisotopic (exact) mass is 420 g/mol. The molecule has 0 bridgehead atoms. The number of amides is 2. The third-order valence-electron chi connectivity index (χ3n) is 7.26. The second-order valence-corrected chi connectivity index (χ2v) is 9.91. The molecule has 174 valence electrons. The zero-order chi connectivity index (χ0) is 21.3. The third kappa shape index (κ3) is 12.6. The molecule has 0 unspecified atom stereocenters. The van der Waals surface area contributed by atoms with Gasteiger partial charge in [-0.15, -0.1) is 0 Å². The van der Waals surface area contributed by atoms with E-state index in [1.54, 1.807) is 0 Å². The van der Waals surface area contributed by atoms with Crippen molar-refractivity contribution in [1.29, 1.82) is 0 Å². The zero-order valence-electron chi connectivity index (χ0n) is 19.5. The summed E-state index contributed by atoms with van der Waals surface area (Å²) in [5.41, 5.74) is 0. The van der Waals surface area contributed by atoms with E-state index in [2.05, 4.69) is 10.6 Å². The van der Waals surface area contributed by atoms with E-state index in [1.165, 1.54) is 89.9 Å². The lowest BCUT2D eigenvalue weighted by Crippen LogP contribution is -2.25. The Labute approximate surface area is 185 Å². The Balaban J connectivity index is 1.29. The number of hydrogen-bond donors (Lipinski definition) is 2. The molecule has 0 aliphatic heterocycles. The Morgan fingerprint density at radius 2 is 0.900 bits per heavy atom. The predicted molar refractivity (Wildman–Crippen MR) is 125 cm³/mol. The summed E-state index contributed by atoms with van der Waals surface area (Å²) in [6, 6.07) is 0. The Kier molecular flexibility index (Phi) is 14.0. The van der Waals surface area contributed by atoms with Gasteiger partial charge in [0.2, 0.25) is 11.8 Å². The maximum atomic E-state index is 11.9. The molecule has 4 heteroatoms. The summed E-state index contributed by atoms with van der Waals surface area (Å²) in [7, 11) is 0. The smallest absolute Gasteiger partial charge is 0.220 e. The normalized spacial score (nSPS) is 18.3. The van der Waals surface area contributed by atoms with E-state index in [4.69, 9.17) is 0 Å². The van der Waals surface area contributed by atoms with Gasteiger partial charge in [-0.1, -0.05) is 89.9 Å². The van der Waals surface area contributed by atoms with Crippen LogP contribution in [-0.2, 0) is 9.59 Å². The van der Waals surface area contributed by atoms with Gasteiger partial charge in [-0.25, -0.2) is 0 Å². The van der Waals surface area contributed by atoms with Gasteiger partial charge in [-0.2, -0.15) is 0 Å². The van der Waals surface area contributed by atoms with Gasteiger partial charge in [-0.05, 0) is 37.5 Å². The van der Waals surface area contributed by atoms with Gasteiger partial charge >= 0.3 is 0 Å². The van der Waals surface area contributed by atoms with Crippen LogP contribution >= 0.6 is 0 Å².